The van der Waals surface area contributed by atoms with Crippen LogP contribution in [0.25, 0.3) is 0 Å². The molecule has 1 heteroatoms. The maximum absolute atomic E-state index is 9.23. The van der Waals surface area contributed by atoms with E-state index in [1.54, 1.807) is 0 Å². The van der Waals surface area contributed by atoms with E-state index >= 15 is 0 Å². The summed E-state index contributed by atoms with van der Waals surface area (Å²) in [6.45, 7) is 6.74. The number of hydrogen-bond donors (Lipinski definition) is 0. The fourth-order valence-electron chi connectivity index (χ4n) is 2.46. The lowest BCUT2D eigenvalue weighted by molar-refractivity contribution is 0.186. The minimum absolute atomic E-state index is 0.0284. The zero-order valence-electron chi connectivity index (χ0n) is 9.14. The molecule has 0 heterocycles. The fourth-order valence-corrected chi connectivity index (χ4v) is 2.46. The fraction of sp³-hybridized carbons (Fsp3) is 0.917. The minimum Gasteiger partial charge on any atom is -0.198 e. The molecule has 0 atom stereocenters. The quantitative estimate of drug-likeness (QED) is 0.633. The van der Waals surface area contributed by atoms with Gasteiger partial charge in [-0.05, 0) is 43.9 Å². The maximum atomic E-state index is 9.23. The van der Waals surface area contributed by atoms with Gasteiger partial charge in [0, 0.05) is 0 Å². The van der Waals surface area contributed by atoms with E-state index in [1.807, 2.05) is 0 Å². The van der Waals surface area contributed by atoms with Gasteiger partial charge in [0.2, 0.25) is 0 Å². The Bertz CT molecular complexity index is 192. The van der Waals surface area contributed by atoms with Gasteiger partial charge < -0.3 is 0 Å². The van der Waals surface area contributed by atoms with Crippen molar-refractivity contribution in [3.63, 3.8) is 0 Å². The van der Waals surface area contributed by atoms with E-state index < -0.39 is 0 Å². The highest BCUT2D eigenvalue weighted by Crippen LogP contribution is 2.42. The molecule has 1 fully saturated rings. The molecule has 0 radical (unpaired) electrons. The molecular formula is C12H21N. The van der Waals surface area contributed by atoms with Crippen molar-refractivity contribution in [2.24, 2.45) is 17.3 Å². The molecule has 74 valence electrons. The molecule has 0 N–H and O–H groups in total. The van der Waals surface area contributed by atoms with Gasteiger partial charge in [-0.2, -0.15) is 5.26 Å². The molecule has 1 rings (SSSR count). The average Bonchev–Trinajstić information content (AvgIpc) is 2.09. The highest BCUT2D eigenvalue weighted by Gasteiger charge is 2.34. The molecule has 0 saturated heterocycles. The summed E-state index contributed by atoms with van der Waals surface area (Å²) in [5.74, 6) is 1.50. The van der Waals surface area contributed by atoms with Gasteiger partial charge in [-0.15, -0.1) is 0 Å². The van der Waals surface area contributed by atoms with Crippen molar-refractivity contribution < 1.29 is 0 Å². The molecule has 0 aromatic carbocycles. The summed E-state index contributed by atoms with van der Waals surface area (Å²) >= 11 is 0. The number of nitriles is 1. The summed E-state index contributed by atoms with van der Waals surface area (Å²) in [5, 5.41) is 9.23. The lowest BCUT2D eigenvalue weighted by atomic mass is 9.68. The van der Waals surface area contributed by atoms with Gasteiger partial charge in [0.1, 0.15) is 0 Å². The molecule has 1 aliphatic rings. The summed E-state index contributed by atoms with van der Waals surface area (Å²) in [6.07, 6.45) is 5.85. The van der Waals surface area contributed by atoms with E-state index in [-0.39, 0.29) is 5.41 Å². The molecule has 0 aliphatic heterocycles. The number of hydrogen-bond acceptors (Lipinski definition) is 1. The van der Waals surface area contributed by atoms with Crippen LogP contribution in [0.3, 0.4) is 0 Å². The second-order valence-corrected chi connectivity index (χ2v) is 5.17. The summed E-state index contributed by atoms with van der Waals surface area (Å²) in [7, 11) is 0. The Balaban J connectivity index is 2.57. The first-order valence-corrected chi connectivity index (χ1v) is 5.49. The van der Waals surface area contributed by atoms with E-state index in [0.717, 1.165) is 25.2 Å². The summed E-state index contributed by atoms with van der Waals surface area (Å²) < 4.78 is 0. The lowest BCUT2D eigenvalue weighted by Crippen LogP contribution is -2.26. The highest BCUT2D eigenvalue weighted by molar-refractivity contribution is 5.01. The van der Waals surface area contributed by atoms with Gasteiger partial charge in [-0.1, -0.05) is 20.8 Å². The van der Waals surface area contributed by atoms with Crippen molar-refractivity contribution in [2.45, 2.75) is 52.9 Å². The largest absolute Gasteiger partial charge is 0.198 e. The normalized spacial score (nSPS) is 34.5. The van der Waals surface area contributed by atoms with Crippen LogP contribution < -0.4 is 0 Å². The molecule has 1 nitrogen and oxygen atoms in total. The van der Waals surface area contributed by atoms with Crippen LogP contribution in [-0.4, -0.2) is 0 Å². The summed E-state index contributed by atoms with van der Waals surface area (Å²) in [6, 6.07) is 2.57. The Kier molecular flexibility index (Phi) is 3.36. The Hall–Kier alpha value is -0.510. The first-order chi connectivity index (χ1) is 6.08. The molecule has 0 aromatic heterocycles. The van der Waals surface area contributed by atoms with E-state index in [9.17, 15) is 5.26 Å². The molecule has 0 spiro atoms. The SMILES string of the molecule is CC(C)CC1(C#N)CCC(C)CC1. The second-order valence-electron chi connectivity index (χ2n) is 5.17. The average molecular weight is 179 g/mol. The topological polar surface area (TPSA) is 23.8 Å². The van der Waals surface area contributed by atoms with Gasteiger partial charge in [-0.3, -0.25) is 0 Å². The van der Waals surface area contributed by atoms with Gasteiger partial charge in [0.25, 0.3) is 0 Å². The van der Waals surface area contributed by atoms with E-state index in [4.69, 9.17) is 0 Å². The zero-order chi connectivity index (χ0) is 9.90. The molecule has 0 aromatic rings. The van der Waals surface area contributed by atoms with Crippen molar-refractivity contribution in [3.8, 4) is 6.07 Å². The van der Waals surface area contributed by atoms with Crippen molar-refractivity contribution in [2.75, 3.05) is 0 Å². The van der Waals surface area contributed by atoms with Crippen molar-refractivity contribution >= 4 is 0 Å². The predicted octanol–water partition coefficient (Wildman–Crippen LogP) is 3.75. The molecule has 1 aliphatic carbocycles. The Morgan fingerprint density at radius 2 is 1.92 bits per heavy atom. The van der Waals surface area contributed by atoms with Gasteiger partial charge in [0.05, 0.1) is 11.5 Å². The molecule has 0 bridgehead atoms. The van der Waals surface area contributed by atoms with E-state index in [1.165, 1.54) is 12.8 Å². The Labute approximate surface area is 82.1 Å². The van der Waals surface area contributed by atoms with Crippen LogP contribution in [0.5, 0.6) is 0 Å². The number of nitrogens with zero attached hydrogens (tertiary/aromatic N) is 1. The third-order valence-corrected chi connectivity index (χ3v) is 3.27. The van der Waals surface area contributed by atoms with Crippen LogP contribution in [0.4, 0.5) is 0 Å². The third-order valence-electron chi connectivity index (χ3n) is 3.27. The Morgan fingerprint density at radius 3 is 2.31 bits per heavy atom. The monoisotopic (exact) mass is 179 g/mol. The first kappa shape index (κ1) is 10.6. The third kappa shape index (κ3) is 2.72. The molecule has 0 amide bonds. The molecular weight excluding hydrogens is 158 g/mol. The van der Waals surface area contributed by atoms with Crippen molar-refractivity contribution in [3.05, 3.63) is 0 Å². The van der Waals surface area contributed by atoms with Crippen LogP contribution in [0.2, 0.25) is 0 Å². The van der Waals surface area contributed by atoms with Gasteiger partial charge in [0.15, 0.2) is 0 Å². The molecule has 1 saturated carbocycles. The first-order valence-electron chi connectivity index (χ1n) is 5.49. The predicted molar refractivity (Wildman–Crippen MR) is 55.1 cm³/mol. The van der Waals surface area contributed by atoms with E-state index in [2.05, 4.69) is 26.8 Å². The highest BCUT2D eigenvalue weighted by atomic mass is 14.4. The van der Waals surface area contributed by atoms with E-state index in [0.29, 0.717) is 5.92 Å². The molecule has 0 unspecified atom stereocenters. The summed E-state index contributed by atoms with van der Waals surface area (Å²) in [4.78, 5) is 0. The maximum Gasteiger partial charge on any atom is 0.0689 e. The van der Waals surface area contributed by atoms with Crippen LogP contribution >= 0.6 is 0 Å². The second kappa shape index (κ2) is 4.13. The summed E-state index contributed by atoms with van der Waals surface area (Å²) in [5.41, 5.74) is 0.0284. The van der Waals surface area contributed by atoms with Crippen molar-refractivity contribution in [1.82, 2.24) is 0 Å². The zero-order valence-corrected chi connectivity index (χ0v) is 9.14. The van der Waals surface area contributed by atoms with Crippen LogP contribution in [-0.2, 0) is 0 Å². The van der Waals surface area contributed by atoms with Crippen molar-refractivity contribution in [1.29, 1.82) is 5.26 Å². The standard InChI is InChI=1S/C12H21N/c1-10(2)8-12(9-13)6-4-11(3)5-7-12/h10-11H,4-8H2,1-3H3. The smallest absolute Gasteiger partial charge is 0.0689 e. The molecule has 13 heavy (non-hydrogen) atoms. The Morgan fingerprint density at radius 1 is 1.38 bits per heavy atom. The van der Waals surface area contributed by atoms with Crippen LogP contribution in [0, 0.1) is 28.6 Å². The minimum atomic E-state index is 0.0284. The lowest BCUT2D eigenvalue weighted by Gasteiger charge is -2.34. The van der Waals surface area contributed by atoms with Gasteiger partial charge in [-0.25, -0.2) is 0 Å². The van der Waals surface area contributed by atoms with Gasteiger partial charge >= 0.3 is 0 Å². The van der Waals surface area contributed by atoms with Crippen LogP contribution in [0.15, 0.2) is 0 Å². The van der Waals surface area contributed by atoms with Crippen LogP contribution in [0.1, 0.15) is 52.9 Å². The number of rotatable bonds is 2.